The van der Waals surface area contributed by atoms with E-state index in [2.05, 4.69) is 13.8 Å². The maximum Gasteiger partial charge on any atom is 0.0488 e. The van der Waals surface area contributed by atoms with Crippen LogP contribution in [0.5, 0.6) is 0 Å². The minimum absolute atomic E-state index is 0.386. The van der Waals surface area contributed by atoms with Gasteiger partial charge in [-0.05, 0) is 37.1 Å². The molecule has 0 atom stereocenters. The van der Waals surface area contributed by atoms with Gasteiger partial charge in [0, 0.05) is 13.2 Å². The van der Waals surface area contributed by atoms with E-state index in [1.165, 1.54) is 44.9 Å². The van der Waals surface area contributed by atoms with Gasteiger partial charge in [0.15, 0.2) is 0 Å². The monoisotopic (exact) mass is 241 g/mol. The summed E-state index contributed by atoms with van der Waals surface area (Å²) in [6, 6.07) is 0. The van der Waals surface area contributed by atoms with E-state index in [1.807, 2.05) is 0 Å². The van der Waals surface area contributed by atoms with Crippen LogP contribution in [-0.2, 0) is 4.74 Å². The summed E-state index contributed by atoms with van der Waals surface area (Å²) in [6.45, 7) is 7.04. The molecular weight excluding hydrogens is 210 g/mol. The minimum Gasteiger partial charge on any atom is -0.381 e. The predicted molar refractivity (Wildman–Crippen MR) is 74.1 cm³/mol. The first kappa shape index (κ1) is 15.0. The summed E-state index contributed by atoms with van der Waals surface area (Å²) < 4.78 is 5.74. The maximum atomic E-state index is 6.05. The summed E-state index contributed by atoms with van der Waals surface area (Å²) in [7, 11) is 0. The van der Waals surface area contributed by atoms with Crippen molar-refractivity contribution >= 4 is 0 Å². The summed E-state index contributed by atoms with van der Waals surface area (Å²) in [4.78, 5) is 0. The zero-order valence-electron chi connectivity index (χ0n) is 11.8. The van der Waals surface area contributed by atoms with Crippen molar-refractivity contribution in [2.45, 2.75) is 65.2 Å². The minimum atomic E-state index is 0.386. The number of hydrogen-bond acceptors (Lipinski definition) is 2. The SMILES string of the molecule is CC(C)COCCC1(CN)CCCCCCC1. The molecule has 1 fully saturated rings. The van der Waals surface area contributed by atoms with Crippen molar-refractivity contribution in [3.05, 3.63) is 0 Å². The van der Waals surface area contributed by atoms with Gasteiger partial charge in [-0.15, -0.1) is 0 Å². The van der Waals surface area contributed by atoms with Gasteiger partial charge in [0.25, 0.3) is 0 Å². The van der Waals surface area contributed by atoms with Gasteiger partial charge in [-0.3, -0.25) is 0 Å². The number of hydrogen-bond donors (Lipinski definition) is 1. The van der Waals surface area contributed by atoms with Crippen molar-refractivity contribution in [1.82, 2.24) is 0 Å². The highest BCUT2D eigenvalue weighted by Crippen LogP contribution is 2.36. The standard InChI is InChI=1S/C15H31NO/c1-14(2)12-17-11-10-15(13-16)8-6-4-3-5-7-9-15/h14H,3-13,16H2,1-2H3. The molecule has 0 bridgehead atoms. The molecule has 0 radical (unpaired) electrons. The lowest BCUT2D eigenvalue weighted by molar-refractivity contribution is 0.0682. The third-order valence-electron chi connectivity index (χ3n) is 4.08. The van der Waals surface area contributed by atoms with Crippen LogP contribution in [0.4, 0.5) is 0 Å². The lowest BCUT2D eigenvalue weighted by Crippen LogP contribution is -2.32. The molecule has 0 aromatic heterocycles. The predicted octanol–water partition coefficient (Wildman–Crippen LogP) is 3.74. The van der Waals surface area contributed by atoms with Crippen LogP contribution in [0.2, 0.25) is 0 Å². The molecule has 0 heterocycles. The Bertz CT molecular complexity index is 183. The highest BCUT2D eigenvalue weighted by atomic mass is 16.5. The number of rotatable bonds is 6. The molecule has 1 saturated carbocycles. The fourth-order valence-electron chi connectivity index (χ4n) is 2.82. The van der Waals surface area contributed by atoms with Crippen molar-refractivity contribution in [2.24, 2.45) is 17.1 Å². The smallest absolute Gasteiger partial charge is 0.0488 e. The van der Waals surface area contributed by atoms with Crippen molar-refractivity contribution in [3.8, 4) is 0 Å². The molecular formula is C15H31NO. The van der Waals surface area contributed by atoms with E-state index in [4.69, 9.17) is 10.5 Å². The Balaban J connectivity index is 2.31. The van der Waals surface area contributed by atoms with Gasteiger partial charge in [-0.25, -0.2) is 0 Å². The van der Waals surface area contributed by atoms with Gasteiger partial charge in [0.1, 0.15) is 0 Å². The van der Waals surface area contributed by atoms with E-state index in [-0.39, 0.29) is 0 Å². The topological polar surface area (TPSA) is 35.2 Å². The van der Waals surface area contributed by atoms with Gasteiger partial charge < -0.3 is 10.5 Å². The fraction of sp³-hybridized carbons (Fsp3) is 1.00. The molecule has 0 aromatic carbocycles. The Kier molecular flexibility index (Phi) is 7.14. The highest BCUT2D eigenvalue weighted by Gasteiger charge is 2.28. The van der Waals surface area contributed by atoms with E-state index in [0.29, 0.717) is 11.3 Å². The van der Waals surface area contributed by atoms with Crippen LogP contribution in [0.15, 0.2) is 0 Å². The van der Waals surface area contributed by atoms with Crippen molar-refractivity contribution in [3.63, 3.8) is 0 Å². The Morgan fingerprint density at radius 2 is 1.65 bits per heavy atom. The average molecular weight is 241 g/mol. The van der Waals surface area contributed by atoms with Crippen LogP contribution in [0.25, 0.3) is 0 Å². The fourth-order valence-corrected chi connectivity index (χ4v) is 2.82. The van der Waals surface area contributed by atoms with Crippen molar-refractivity contribution in [2.75, 3.05) is 19.8 Å². The molecule has 1 aliphatic carbocycles. The molecule has 2 nitrogen and oxygen atoms in total. The summed E-state index contributed by atoms with van der Waals surface area (Å²) >= 11 is 0. The molecule has 0 aromatic rings. The molecule has 0 amide bonds. The molecule has 1 aliphatic rings. The second-order valence-corrected chi connectivity index (χ2v) is 6.19. The van der Waals surface area contributed by atoms with Crippen LogP contribution in [0.1, 0.15) is 65.2 Å². The van der Waals surface area contributed by atoms with E-state index in [9.17, 15) is 0 Å². The van der Waals surface area contributed by atoms with Gasteiger partial charge in [0.2, 0.25) is 0 Å². The van der Waals surface area contributed by atoms with Crippen LogP contribution < -0.4 is 5.73 Å². The van der Waals surface area contributed by atoms with E-state index < -0.39 is 0 Å². The second kappa shape index (κ2) is 8.10. The Hall–Kier alpha value is -0.0800. The summed E-state index contributed by atoms with van der Waals surface area (Å²) in [5.41, 5.74) is 6.43. The molecule has 1 rings (SSSR count). The molecule has 0 spiro atoms. The van der Waals surface area contributed by atoms with Gasteiger partial charge >= 0.3 is 0 Å². The summed E-state index contributed by atoms with van der Waals surface area (Å²) in [5.74, 6) is 0.640. The first-order valence-electron chi connectivity index (χ1n) is 7.46. The third-order valence-corrected chi connectivity index (χ3v) is 4.08. The number of ether oxygens (including phenoxy) is 1. The van der Waals surface area contributed by atoms with E-state index in [0.717, 1.165) is 26.2 Å². The molecule has 0 saturated heterocycles. The molecule has 102 valence electrons. The molecule has 17 heavy (non-hydrogen) atoms. The lowest BCUT2D eigenvalue weighted by Gasteiger charge is -2.34. The van der Waals surface area contributed by atoms with Gasteiger partial charge in [-0.2, -0.15) is 0 Å². The Morgan fingerprint density at radius 3 is 2.18 bits per heavy atom. The van der Waals surface area contributed by atoms with E-state index in [1.54, 1.807) is 0 Å². The Labute approximate surface area is 107 Å². The van der Waals surface area contributed by atoms with Gasteiger partial charge in [0.05, 0.1) is 0 Å². The molecule has 2 heteroatoms. The molecule has 0 aliphatic heterocycles. The quantitative estimate of drug-likeness (QED) is 0.719. The van der Waals surface area contributed by atoms with E-state index >= 15 is 0 Å². The molecule has 2 N–H and O–H groups in total. The van der Waals surface area contributed by atoms with Crippen molar-refractivity contribution in [1.29, 1.82) is 0 Å². The first-order chi connectivity index (χ1) is 8.18. The normalized spacial score (nSPS) is 21.2. The molecule has 0 unspecified atom stereocenters. The zero-order valence-corrected chi connectivity index (χ0v) is 11.8. The highest BCUT2D eigenvalue weighted by molar-refractivity contribution is 4.81. The lowest BCUT2D eigenvalue weighted by atomic mass is 9.74. The van der Waals surface area contributed by atoms with Crippen LogP contribution in [0, 0.1) is 11.3 Å². The number of nitrogens with two attached hydrogens (primary N) is 1. The third kappa shape index (κ3) is 5.87. The summed E-state index contributed by atoms with van der Waals surface area (Å²) in [5, 5.41) is 0. The maximum absolute atomic E-state index is 6.05. The largest absolute Gasteiger partial charge is 0.381 e. The first-order valence-corrected chi connectivity index (χ1v) is 7.46. The van der Waals surface area contributed by atoms with Gasteiger partial charge in [-0.1, -0.05) is 46.0 Å². The van der Waals surface area contributed by atoms with Crippen LogP contribution >= 0.6 is 0 Å². The van der Waals surface area contributed by atoms with Crippen molar-refractivity contribution < 1.29 is 4.74 Å². The van der Waals surface area contributed by atoms with Crippen LogP contribution in [-0.4, -0.2) is 19.8 Å². The summed E-state index contributed by atoms with van der Waals surface area (Å²) in [6.07, 6.45) is 10.7. The second-order valence-electron chi connectivity index (χ2n) is 6.19. The zero-order chi connectivity index (χ0) is 12.6. The Morgan fingerprint density at radius 1 is 1.06 bits per heavy atom. The van der Waals surface area contributed by atoms with Crippen LogP contribution in [0.3, 0.4) is 0 Å². The average Bonchev–Trinajstić information content (AvgIpc) is 2.27.